The largest absolute Gasteiger partial charge is 0.455 e. The van der Waals surface area contributed by atoms with Crippen LogP contribution in [0.25, 0.3) is 43.8 Å². The van der Waals surface area contributed by atoms with E-state index in [0.29, 0.717) is 0 Å². The molecular weight excluding hydrogens is 280 g/mol. The van der Waals surface area contributed by atoms with Gasteiger partial charge in [-0.1, -0.05) is 72.8 Å². The Morgan fingerprint density at radius 3 is 2.00 bits per heavy atom. The van der Waals surface area contributed by atoms with E-state index >= 15 is 0 Å². The van der Waals surface area contributed by atoms with Crippen LogP contribution in [-0.2, 0) is 0 Å². The third-order valence-electron chi connectivity index (χ3n) is 4.47. The average molecular weight is 294 g/mol. The van der Waals surface area contributed by atoms with E-state index in [1.54, 1.807) is 0 Å². The Kier molecular flexibility index (Phi) is 2.56. The van der Waals surface area contributed by atoms with E-state index in [4.69, 9.17) is 4.42 Å². The van der Waals surface area contributed by atoms with Crippen LogP contribution in [0.1, 0.15) is 0 Å². The Hall–Kier alpha value is -3.06. The van der Waals surface area contributed by atoms with Gasteiger partial charge in [-0.05, 0) is 28.6 Å². The maximum absolute atomic E-state index is 6.16. The van der Waals surface area contributed by atoms with Crippen LogP contribution in [0.5, 0.6) is 0 Å². The van der Waals surface area contributed by atoms with Crippen LogP contribution in [0, 0.1) is 0 Å². The summed E-state index contributed by atoms with van der Waals surface area (Å²) in [6.07, 6.45) is 0. The van der Waals surface area contributed by atoms with Gasteiger partial charge in [-0.25, -0.2) is 0 Å². The third kappa shape index (κ3) is 1.80. The molecule has 0 amide bonds. The number of furan rings is 1. The number of fused-ring (bicyclic) bond motifs is 5. The summed E-state index contributed by atoms with van der Waals surface area (Å²) >= 11 is 0. The van der Waals surface area contributed by atoms with Crippen molar-refractivity contribution in [1.29, 1.82) is 0 Å². The van der Waals surface area contributed by atoms with Crippen molar-refractivity contribution in [3.05, 3.63) is 84.9 Å². The summed E-state index contributed by atoms with van der Waals surface area (Å²) in [7, 11) is 0. The lowest BCUT2D eigenvalue weighted by Gasteiger charge is -2.08. The summed E-state index contributed by atoms with van der Waals surface area (Å²) in [6, 6.07) is 29.5. The molecule has 0 aliphatic carbocycles. The van der Waals surface area contributed by atoms with E-state index in [-0.39, 0.29) is 0 Å². The molecule has 0 atom stereocenters. The maximum atomic E-state index is 6.16. The van der Waals surface area contributed by atoms with Crippen LogP contribution in [0.2, 0.25) is 0 Å². The Balaban J connectivity index is 2.02. The molecule has 0 bridgehead atoms. The van der Waals surface area contributed by atoms with Gasteiger partial charge in [-0.3, -0.25) is 0 Å². The second-order valence-corrected chi connectivity index (χ2v) is 5.81. The number of para-hydroxylation sites is 1. The quantitative estimate of drug-likeness (QED) is 0.348. The second kappa shape index (κ2) is 4.72. The molecule has 4 aromatic carbocycles. The first-order valence-corrected chi connectivity index (χ1v) is 7.80. The number of rotatable bonds is 1. The van der Waals surface area contributed by atoms with Gasteiger partial charge in [0.15, 0.2) is 0 Å². The minimum absolute atomic E-state index is 0.942. The Bertz CT molecular complexity index is 1150. The molecular formula is C22H14O. The average Bonchev–Trinajstić information content (AvgIpc) is 3.01. The highest BCUT2D eigenvalue weighted by atomic mass is 16.3. The van der Waals surface area contributed by atoms with Crippen molar-refractivity contribution in [3.8, 4) is 11.1 Å². The summed E-state index contributed by atoms with van der Waals surface area (Å²) in [5.74, 6) is 0. The monoisotopic (exact) mass is 294 g/mol. The molecule has 0 aliphatic rings. The molecule has 23 heavy (non-hydrogen) atoms. The minimum atomic E-state index is 0.942. The highest BCUT2D eigenvalue weighted by Gasteiger charge is 2.13. The van der Waals surface area contributed by atoms with Gasteiger partial charge in [-0.15, -0.1) is 0 Å². The Morgan fingerprint density at radius 1 is 0.522 bits per heavy atom. The van der Waals surface area contributed by atoms with Crippen molar-refractivity contribution in [3.63, 3.8) is 0 Å². The van der Waals surface area contributed by atoms with Gasteiger partial charge < -0.3 is 4.42 Å². The SMILES string of the molecule is c1ccc(-c2cc3c4ccccc4oc3c3ccccc23)cc1. The van der Waals surface area contributed by atoms with E-state index < -0.39 is 0 Å². The van der Waals surface area contributed by atoms with E-state index in [1.807, 2.05) is 12.1 Å². The zero-order valence-electron chi connectivity index (χ0n) is 12.5. The van der Waals surface area contributed by atoms with Crippen molar-refractivity contribution in [2.24, 2.45) is 0 Å². The molecule has 1 nitrogen and oxygen atoms in total. The Labute approximate surface area is 133 Å². The molecule has 0 spiro atoms. The van der Waals surface area contributed by atoms with Gasteiger partial charge in [0.25, 0.3) is 0 Å². The van der Waals surface area contributed by atoms with Crippen LogP contribution in [0.15, 0.2) is 89.3 Å². The first kappa shape index (κ1) is 12.5. The van der Waals surface area contributed by atoms with Crippen LogP contribution in [0.4, 0.5) is 0 Å². The second-order valence-electron chi connectivity index (χ2n) is 5.81. The summed E-state index contributed by atoms with van der Waals surface area (Å²) < 4.78 is 6.16. The highest BCUT2D eigenvalue weighted by molar-refractivity contribution is 6.19. The van der Waals surface area contributed by atoms with Gasteiger partial charge in [0.1, 0.15) is 11.2 Å². The highest BCUT2D eigenvalue weighted by Crippen LogP contribution is 2.39. The molecule has 1 aromatic heterocycles. The summed E-state index contributed by atoms with van der Waals surface area (Å²) in [4.78, 5) is 0. The van der Waals surface area contributed by atoms with Crippen LogP contribution in [0.3, 0.4) is 0 Å². The van der Waals surface area contributed by atoms with Crippen LogP contribution in [-0.4, -0.2) is 0 Å². The third-order valence-corrected chi connectivity index (χ3v) is 4.47. The normalized spacial score (nSPS) is 11.5. The number of hydrogen-bond donors (Lipinski definition) is 0. The van der Waals surface area contributed by atoms with E-state index in [9.17, 15) is 0 Å². The van der Waals surface area contributed by atoms with Gasteiger partial charge in [0.2, 0.25) is 0 Å². The first-order chi connectivity index (χ1) is 11.4. The first-order valence-electron chi connectivity index (χ1n) is 7.80. The van der Waals surface area contributed by atoms with E-state index in [1.165, 1.54) is 32.7 Å². The Morgan fingerprint density at radius 2 is 1.17 bits per heavy atom. The van der Waals surface area contributed by atoms with E-state index in [0.717, 1.165) is 11.2 Å². The lowest BCUT2D eigenvalue weighted by Crippen LogP contribution is -1.82. The fraction of sp³-hybridized carbons (Fsp3) is 0. The molecule has 108 valence electrons. The zero-order valence-corrected chi connectivity index (χ0v) is 12.5. The zero-order chi connectivity index (χ0) is 15.2. The van der Waals surface area contributed by atoms with Crippen molar-refractivity contribution >= 4 is 32.7 Å². The summed E-state index contributed by atoms with van der Waals surface area (Å²) in [5, 5.41) is 4.74. The molecule has 1 heterocycles. The van der Waals surface area contributed by atoms with Crippen molar-refractivity contribution in [2.75, 3.05) is 0 Å². The number of benzene rings is 4. The molecule has 1 heteroatoms. The molecule has 0 saturated heterocycles. The molecule has 0 fully saturated rings. The lowest BCUT2D eigenvalue weighted by molar-refractivity contribution is 0.672. The smallest absolute Gasteiger partial charge is 0.143 e. The molecule has 5 rings (SSSR count). The van der Waals surface area contributed by atoms with E-state index in [2.05, 4.69) is 72.8 Å². The fourth-order valence-electron chi connectivity index (χ4n) is 3.40. The molecule has 0 radical (unpaired) electrons. The van der Waals surface area contributed by atoms with Crippen molar-refractivity contribution in [1.82, 2.24) is 0 Å². The lowest BCUT2D eigenvalue weighted by atomic mass is 9.95. The summed E-state index contributed by atoms with van der Waals surface area (Å²) in [5.41, 5.74) is 4.40. The molecule has 0 saturated carbocycles. The molecule has 0 unspecified atom stereocenters. The fourth-order valence-corrected chi connectivity index (χ4v) is 3.40. The molecule has 0 N–H and O–H groups in total. The number of hydrogen-bond acceptors (Lipinski definition) is 1. The summed E-state index contributed by atoms with van der Waals surface area (Å²) in [6.45, 7) is 0. The standard InChI is InChI=1S/C22H14O/c1-2-8-15(9-3-1)19-14-20-17-11-6-7-13-21(17)23-22(20)18-12-5-4-10-16(18)19/h1-14H. The molecule has 5 aromatic rings. The van der Waals surface area contributed by atoms with Crippen LogP contribution < -0.4 is 0 Å². The van der Waals surface area contributed by atoms with Gasteiger partial charge >= 0.3 is 0 Å². The topological polar surface area (TPSA) is 13.1 Å². The molecule has 0 aliphatic heterocycles. The van der Waals surface area contributed by atoms with Crippen molar-refractivity contribution in [2.45, 2.75) is 0 Å². The maximum Gasteiger partial charge on any atom is 0.143 e. The van der Waals surface area contributed by atoms with Gasteiger partial charge in [-0.2, -0.15) is 0 Å². The van der Waals surface area contributed by atoms with Crippen LogP contribution >= 0.6 is 0 Å². The minimum Gasteiger partial charge on any atom is -0.455 e. The van der Waals surface area contributed by atoms with Gasteiger partial charge in [0, 0.05) is 16.2 Å². The predicted octanol–water partition coefficient (Wildman–Crippen LogP) is 6.41. The van der Waals surface area contributed by atoms with Crippen molar-refractivity contribution < 1.29 is 4.42 Å². The predicted molar refractivity (Wildman–Crippen MR) is 96.7 cm³/mol. The van der Waals surface area contributed by atoms with Gasteiger partial charge in [0.05, 0.1) is 0 Å².